The van der Waals surface area contributed by atoms with Gasteiger partial charge in [-0.3, -0.25) is 24.0 Å². The van der Waals surface area contributed by atoms with Crippen LogP contribution in [0, 0.1) is 0 Å². The third kappa shape index (κ3) is 11.2. The second-order valence-corrected chi connectivity index (χ2v) is 8.86. The minimum atomic E-state index is -0.879. The summed E-state index contributed by atoms with van der Waals surface area (Å²) in [5, 5.41) is 20.1. The fraction of sp³-hybridized carbons (Fsp3) is 0.393. The van der Waals surface area contributed by atoms with Gasteiger partial charge in [0.25, 0.3) is 5.91 Å². The molecule has 2 aromatic rings. The summed E-state index contributed by atoms with van der Waals surface area (Å²) in [4.78, 5) is 59.7. The molecular weight excluding hydrogens is 488 g/mol. The lowest BCUT2D eigenvalue weighted by Crippen LogP contribution is -2.50. The standard InChI is InChI=1S/C28H36N4O6/c1-2-23(34)6-4-3-5-15-30-28(38)25(16-20-9-13-24(35)14-10-20)32-26(36)18-31-27(37)22-11-7-21(8-12-22)17-29-19-33/h7-14,19,25,35H,2-6,15-18H2,1H3,(H,29,33)(H,30,38)(H,31,37)(H,32,36)/t25-/m0/s1. The second kappa shape index (κ2) is 16.5. The molecule has 0 fully saturated rings. The van der Waals surface area contributed by atoms with Gasteiger partial charge in [-0.25, -0.2) is 0 Å². The summed E-state index contributed by atoms with van der Waals surface area (Å²) in [6.45, 7) is 2.27. The van der Waals surface area contributed by atoms with E-state index in [0.717, 1.165) is 24.0 Å². The van der Waals surface area contributed by atoms with E-state index in [9.17, 15) is 29.1 Å². The maximum absolute atomic E-state index is 12.9. The number of hydrogen-bond acceptors (Lipinski definition) is 6. The number of phenolic OH excluding ortho intramolecular Hbond substituents is 1. The fourth-order valence-corrected chi connectivity index (χ4v) is 3.65. The Bertz CT molecular complexity index is 1070. The number of carbonyl (C=O) groups is 5. The average Bonchev–Trinajstić information content (AvgIpc) is 2.93. The van der Waals surface area contributed by atoms with Gasteiger partial charge in [-0.2, -0.15) is 0 Å². The highest BCUT2D eigenvalue weighted by Gasteiger charge is 2.21. The fourth-order valence-electron chi connectivity index (χ4n) is 3.65. The van der Waals surface area contributed by atoms with Crippen molar-refractivity contribution in [1.29, 1.82) is 0 Å². The van der Waals surface area contributed by atoms with Crippen molar-refractivity contribution in [3.63, 3.8) is 0 Å². The molecule has 1 atom stereocenters. The third-order valence-electron chi connectivity index (χ3n) is 5.87. The summed E-state index contributed by atoms with van der Waals surface area (Å²) in [5.41, 5.74) is 1.92. The Labute approximate surface area is 222 Å². The van der Waals surface area contributed by atoms with E-state index >= 15 is 0 Å². The molecule has 0 heterocycles. The van der Waals surface area contributed by atoms with Gasteiger partial charge < -0.3 is 26.4 Å². The molecule has 0 bridgehead atoms. The molecule has 0 saturated heterocycles. The van der Waals surface area contributed by atoms with Crippen molar-refractivity contribution < 1.29 is 29.1 Å². The highest BCUT2D eigenvalue weighted by Crippen LogP contribution is 2.12. The minimum Gasteiger partial charge on any atom is -0.508 e. The van der Waals surface area contributed by atoms with Gasteiger partial charge in [-0.1, -0.05) is 37.6 Å². The number of nitrogens with one attached hydrogen (secondary N) is 4. The Kier molecular flexibility index (Phi) is 13.0. The van der Waals surface area contributed by atoms with E-state index in [1.807, 2.05) is 6.92 Å². The van der Waals surface area contributed by atoms with Gasteiger partial charge in [0.15, 0.2) is 0 Å². The third-order valence-corrected chi connectivity index (χ3v) is 5.87. The van der Waals surface area contributed by atoms with E-state index in [1.54, 1.807) is 36.4 Å². The zero-order valence-electron chi connectivity index (χ0n) is 21.6. The SMILES string of the molecule is CCC(=O)CCCCCNC(=O)[C@H](Cc1ccc(O)cc1)NC(=O)CNC(=O)c1ccc(CNC=O)cc1. The van der Waals surface area contributed by atoms with E-state index < -0.39 is 17.9 Å². The Morgan fingerprint density at radius 3 is 2.24 bits per heavy atom. The molecule has 204 valence electrons. The van der Waals surface area contributed by atoms with Gasteiger partial charge >= 0.3 is 0 Å². The number of amides is 4. The molecule has 0 radical (unpaired) electrons. The molecule has 2 aromatic carbocycles. The van der Waals surface area contributed by atoms with Crippen molar-refractivity contribution in [3.05, 3.63) is 65.2 Å². The van der Waals surface area contributed by atoms with E-state index in [2.05, 4.69) is 21.3 Å². The predicted octanol–water partition coefficient (Wildman–Crippen LogP) is 1.75. The van der Waals surface area contributed by atoms with Crippen LogP contribution < -0.4 is 21.3 Å². The molecule has 0 aromatic heterocycles. The van der Waals surface area contributed by atoms with Gasteiger partial charge in [0, 0.05) is 37.9 Å². The monoisotopic (exact) mass is 524 g/mol. The van der Waals surface area contributed by atoms with Crippen LogP contribution in [0.4, 0.5) is 0 Å². The zero-order chi connectivity index (χ0) is 27.8. The lowest BCUT2D eigenvalue weighted by Gasteiger charge is -2.19. The molecule has 0 aliphatic carbocycles. The smallest absolute Gasteiger partial charge is 0.251 e. The molecule has 5 N–H and O–H groups in total. The van der Waals surface area contributed by atoms with Crippen molar-refractivity contribution in [2.24, 2.45) is 0 Å². The summed E-state index contributed by atoms with van der Waals surface area (Å²) in [7, 11) is 0. The van der Waals surface area contributed by atoms with Gasteiger partial charge in [-0.05, 0) is 48.2 Å². The molecule has 10 heteroatoms. The first-order valence-electron chi connectivity index (χ1n) is 12.7. The normalized spacial score (nSPS) is 11.2. The molecule has 4 amide bonds. The van der Waals surface area contributed by atoms with Gasteiger partial charge in [0.1, 0.15) is 17.6 Å². The predicted molar refractivity (Wildman–Crippen MR) is 142 cm³/mol. The van der Waals surface area contributed by atoms with Gasteiger partial charge in [0.2, 0.25) is 18.2 Å². The summed E-state index contributed by atoms with van der Waals surface area (Å²) >= 11 is 0. The zero-order valence-corrected chi connectivity index (χ0v) is 21.6. The van der Waals surface area contributed by atoms with Gasteiger partial charge in [-0.15, -0.1) is 0 Å². The van der Waals surface area contributed by atoms with Crippen molar-refractivity contribution >= 4 is 29.9 Å². The van der Waals surface area contributed by atoms with Crippen molar-refractivity contribution in [1.82, 2.24) is 21.3 Å². The molecule has 0 unspecified atom stereocenters. The van der Waals surface area contributed by atoms with Crippen LogP contribution in [0.25, 0.3) is 0 Å². The molecule has 2 rings (SSSR count). The molecule has 0 spiro atoms. The molecule has 0 saturated carbocycles. The number of hydrogen-bond donors (Lipinski definition) is 5. The van der Waals surface area contributed by atoms with E-state index in [4.69, 9.17) is 0 Å². The molecule has 0 aliphatic heterocycles. The maximum atomic E-state index is 12.9. The van der Waals surface area contributed by atoms with E-state index in [1.165, 1.54) is 12.1 Å². The Hall–Kier alpha value is -4.21. The first-order valence-corrected chi connectivity index (χ1v) is 12.7. The van der Waals surface area contributed by atoms with Crippen LogP contribution in [-0.2, 0) is 32.1 Å². The number of unbranched alkanes of at least 4 members (excludes halogenated alkanes) is 2. The highest BCUT2D eigenvalue weighted by atomic mass is 16.3. The van der Waals surface area contributed by atoms with Crippen LogP contribution in [0.15, 0.2) is 48.5 Å². The number of benzene rings is 2. The number of Topliss-reactive ketones (excluding diaryl/α,β-unsaturated/α-hetero) is 1. The Morgan fingerprint density at radius 1 is 0.895 bits per heavy atom. The average molecular weight is 525 g/mol. The topological polar surface area (TPSA) is 154 Å². The van der Waals surface area contributed by atoms with E-state index in [-0.39, 0.29) is 30.4 Å². The van der Waals surface area contributed by atoms with Crippen molar-refractivity contribution in [2.45, 2.75) is 58.0 Å². The summed E-state index contributed by atoms with van der Waals surface area (Å²) in [6.07, 6.45) is 4.15. The Balaban J connectivity index is 1.89. The molecule has 38 heavy (non-hydrogen) atoms. The lowest BCUT2D eigenvalue weighted by molar-refractivity contribution is -0.128. The number of rotatable bonds is 17. The van der Waals surface area contributed by atoms with Crippen LogP contribution in [-0.4, -0.2) is 54.2 Å². The van der Waals surface area contributed by atoms with Crippen molar-refractivity contribution in [3.8, 4) is 5.75 Å². The van der Waals surface area contributed by atoms with Crippen LogP contribution in [0.3, 0.4) is 0 Å². The highest BCUT2D eigenvalue weighted by molar-refractivity contribution is 5.97. The second-order valence-electron chi connectivity index (χ2n) is 8.86. The first-order chi connectivity index (χ1) is 18.3. The Morgan fingerprint density at radius 2 is 1.58 bits per heavy atom. The first kappa shape index (κ1) is 30.0. The molecule has 10 nitrogen and oxygen atoms in total. The van der Waals surface area contributed by atoms with E-state index in [0.29, 0.717) is 44.3 Å². The summed E-state index contributed by atoms with van der Waals surface area (Å²) < 4.78 is 0. The van der Waals surface area contributed by atoms with Crippen LogP contribution in [0.1, 0.15) is 60.5 Å². The van der Waals surface area contributed by atoms with Gasteiger partial charge in [0.05, 0.1) is 6.54 Å². The molecule has 0 aliphatic rings. The van der Waals surface area contributed by atoms with Crippen molar-refractivity contribution in [2.75, 3.05) is 13.1 Å². The number of carbonyl (C=O) groups excluding carboxylic acids is 5. The minimum absolute atomic E-state index is 0.0936. The molecular formula is C28H36N4O6. The van der Waals surface area contributed by atoms with Crippen LogP contribution >= 0.6 is 0 Å². The maximum Gasteiger partial charge on any atom is 0.251 e. The quantitative estimate of drug-likeness (QED) is 0.157. The number of ketones is 1. The lowest BCUT2D eigenvalue weighted by atomic mass is 10.0. The van der Waals surface area contributed by atoms with Crippen LogP contribution in [0.5, 0.6) is 5.75 Å². The summed E-state index contributed by atoms with van der Waals surface area (Å²) in [6, 6.07) is 12.0. The number of phenols is 1. The largest absolute Gasteiger partial charge is 0.508 e. The summed E-state index contributed by atoms with van der Waals surface area (Å²) in [5.74, 6) is -1.02. The van der Waals surface area contributed by atoms with Crippen LogP contribution in [0.2, 0.25) is 0 Å². The number of aromatic hydroxyl groups is 1.